The van der Waals surface area contributed by atoms with Crippen LogP contribution in [0.4, 0.5) is 11.4 Å². The fraction of sp³-hybridized carbons (Fsp3) is 0.364. The standard InChI is InChI=1S/C11H15N3OS/c1-8(16(2)15)7-14-10-4-3-9(6-12)11(13)5-10/h3-5,8,14H,7,13H2,1-2H3. The maximum atomic E-state index is 11.1. The predicted molar refractivity (Wildman–Crippen MR) is 67.6 cm³/mol. The highest BCUT2D eigenvalue weighted by molar-refractivity contribution is 7.84. The summed E-state index contributed by atoms with van der Waals surface area (Å²) in [6, 6.07) is 7.18. The summed E-state index contributed by atoms with van der Waals surface area (Å²) in [5.74, 6) is 0. The van der Waals surface area contributed by atoms with Gasteiger partial charge >= 0.3 is 0 Å². The van der Waals surface area contributed by atoms with E-state index in [2.05, 4.69) is 5.32 Å². The number of rotatable bonds is 4. The molecule has 0 aliphatic rings. The van der Waals surface area contributed by atoms with E-state index in [9.17, 15) is 4.21 Å². The van der Waals surface area contributed by atoms with Gasteiger partial charge in [-0.05, 0) is 25.1 Å². The second-order valence-corrected chi connectivity index (χ2v) is 5.41. The van der Waals surface area contributed by atoms with Crippen LogP contribution >= 0.6 is 0 Å². The van der Waals surface area contributed by atoms with Crippen LogP contribution in [-0.2, 0) is 10.8 Å². The van der Waals surface area contributed by atoms with Crippen molar-refractivity contribution in [1.29, 1.82) is 5.26 Å². The first-order chi connectivity index (χ1) is 7.54. The van der Waals surface area contributed by atoms with Gasteiger partial charge in [-0.25, -0.2) is 0 Å². The number of nitrogens with zero attached hydrogens (tertiary/aromatic N) is 1. The van der Waals surface area contributed by atoms with Crippen LogP contribution in [0.1, 0.15) is 12.5 Å². The van der Waals surface area contributed by atoms with Crippen LogP contribution < -0.4 is 11.1 Å². The number of hydrogen-bond donors (Lipinski definition) is 2. The molecule has 1 aromatic rings. The van der Waals surface area contributed by atoms with Gasteiger partial charge in [0.2, 0.25) is 0 Å². The van der Waals surface area contributed by atoms with E-state index in [1.807, 2.05) is 13.0 Å². The Morgan fingerprint density at radius 2 is 2.31 bits per heavy atom. The van der Waals surface area contributed by atoms with Crippen LogP contribution in [0, 0.1) is 11.3 Å². The molecule has 2 unspecified atom stereocenters. The molecule has 0 bridgehead atoms. The van der Waals surface area contributed by atoms with Crippen molar-refractivity contribution in [2.24, 2.45) is 0 Å². The van der Waals surface area contributed by atoms with Crippen LogP contribution in [0.25, 0.3) is 0 Å². The molecule has 0 amide bonds. The summed E-state index contributed by atoms with van der Waals surface area (Å²) >= 11 is 0. The molecule has 0 aliphatic carbocycles. The summed E-state index contributed by atoms with van der Waals surface area (Å²) < 4.78 is 11.1. The largest absolute Gasteiger partial charge is 0.398 e. The third kappa shape index (κ3) is 3.24. The number of anilines is 2. The van der Waals surface area contributed by atoms with Gasteiger partial charge in [0.25, 0.3) is 0 Å². The van der Waals surface area contributed by atoms with Crippen molar-refractivity contribution in [3.8, 4) is 6.07 Å². The topological polar surface area (TPSA) is 78.9 Å². The Bertz CT molecular complexity index is 439. The predicted octanol–water partition coefficient (Wildman–Crippen LogP) is 1.32. The number of nitrogen functional groups attached to an aromatic ring is 1. The van der Waals surface area contributed by atoms with Crippen molar-refractivity contribution in [1.82, 2.24) is 0 Å². The minimum absolute atomic E-state index is 0.0804. The van der Waals surface area contributed by atoms with E-state index in [0.717, 1.165) is 5.69 Å². The molecule has 2 atom stereocenters. The SMILES string of the molecule is CC(CNc1ccc(C#N)c(N)c1)S(C)=O. The maximum absolute atomic E-state index is 11.1. The quantitative estimate of drug-likeness (QED) is 0.774. The number of nitrogens with one attached hydrogen (secondary N) is 1. The smallest absolute Gasteiger partial charge is 0.101 e. The van der Waals surface area contributed by atoms with E-state index in [1.165, 1.54) is 0 Å². The van der Waals surface area contributed by atoms with Gasteiger partial charge in [-0.3, -0.25) is 4.21 Å². The Morgan fingerprint density at radius 1 is 1.62 bits per heavy atom. The van der Waals surface area contributed by atoms with Crippen molar-refractivity contribution >= 4 is 22.2 Å². The molecule has 0 aromatic heterocycles. The molecule has 0 aliphatic heterocycles. The lowest BCUT2D eigenvalue weighted by Crippen LogP contribution is -2.20. The van der Waals surface area contributed by atoms with E-state index in [1.54, 1.807) is 24.5 Å². The molecule has 0 saturated carbocycles. The molecule has 5 heteroatoms. The number of nitriles is 1. The molecular weight excluding hydrogens is 222 g/mol. The highest BCUT2D eigenvalue weighted by atomic mass is 32.2. The maximum Gasteiger partial charge on any atom is 0.101 e. The zero-order valence-electron chi connectivity index (χ0n) is 9.36. The first-order valence-corrected chi connectivity index (χ1v) is 6.52. The van der Waals surface area contributed by atoms with E-state index in [4.69, 9.17) is 11.0 Å². The Morgan fingerprint density at radius 3 is 2.81 bits per heavy atom. The first kappa shape index (κ1) is 12.5. The van der Waals surface area contributed by atoms with Crippen molar-refractivity contribution in [3.05, 3.63) is 23.8 Å². The van der Waals surface area contributed by atoms with Crippen molar-refractivity contribution in [3.63, 3.8) is 0 Å². The van der Waals surface area contributed by atoms with Crippen molar-refractivity contribution in [2.45, 2.75) is 12.2 Å². The lowest BCUT2D eigenvalue weighted by atomic mass is 10.2. The van der Waals surface area contributed by atoms with Gasteiger partial charge in [0.1, 0.15) is 6.07 Å². The van der Waals surface area contributed by atoms with Gasteiger partial charge in [0.05, 0.1) is 11.3 Å². The normalized spacial score (nSPS) is 13.8. The number of hydrogen-bond acceptors (Lipinski definition) is 4. The van der Waals surface area contributed by atoms with Gasteiger partial charge < -0.3 is 11.1 Å². The molecule has 16 heavy (non-hydrogen) atoms. The average molecular weight is 237 g/mol. The summed E-state index contributed by atoms with van der Waals surface area (Å²) in [5.41, 5.74) is 7.44. The molecular formula is C11H15N3OS. The molecule has 86 valence electrons. The second-order valence-electron chi connectivity index (χ2n) is 3.60. The van der Waals surface area contributed by atoms with Crippen molar-refractivity contribution in [2.75, 3.05) is 23.9 Å². The summed E-state index contributed by atoms with van der Waals surface area (Å²) in [6.45, 7) is 2.53. The van der Waals surface area contributed by atoms with Gasteiger partial charge in [-0.1, -0.05) is 0 Å². The zero-order chi connectivity index (χ0) is 12.1. The van der Waals surface area contributed by atoms with Gasteiger partial charge in [-0.15, -0.1) is 0 Å². The monoisotopic (exact) mass is 237 g/mol. The molecule has 0 spiro atoms. The fourth-order valence-electron chi connectivity index (χ4n) is 1.15. The van der Waals surface area contributed by atoms with Gasteiger partial charge in [0.15, 0.2) is 0 Å². The second kappa shape index (κ2) is 5.52. The fourth-order valence-corrected chi connectivity index (χ4v) is 1.47. The van der Waals surface area contributed by atoms with E-state index in [0.29, 0.717) is 17.8 Å². The molecule has 4 nitrogen and oxygen atoms in total. The lowest BCUT2D eigenvalue weighted by Gasteiger charge is -2.11. The van der Waals surface area contributed by atoms with Gasteiger partial charge in [0, 0.05) is 34.5 Å². The minimum Gasteiger partial charge on any atom is -0.398 e. The van der Waals surface area contributed by atoms with E-state index >= 15 is 0 Å². The Hall–Kier alpha value is -1.54. The number of benzene rings is 1. The summed E-state index contributed by atoms with van der Waals surface area (Å²) in [5, 5.41) is 11.9. The van der Waals surface area contributed by atoms with Crippen molar-refractivity contribution < 1.29 is 4.21 Å². The minimum atomic E-state index is -0.841. The Labute approximate surface area is 97.9 Å². The molecule has 1 rings (SSSR count). The summed E-state index contributed by atoms with van der Waals surface area (Å²) in [4.78, 5) is 0. The van der Waals surface area contributed by atoms with Crippen LogP contribution in [0.2, 0.25) is 0 Å². The van der Waals surface area contributed by atoms with Crippen LogP contribution in [-0.4, -0.2) is 22.3 Å². The summed E-state index contributed by atoms with van der Waals surface area (Å²) in [6.07, 6.45) is 1.68. The molecule has 3 N–H and O–H groups in total. The molecule has 1 aromatic carbocycles. The molecule has 0 radical (unpaired) electrons. The van der Waals surface area contributed by atoms with Gasteiger partial charge in [-0.2, -0.15) is 5.26 Å². The van der Waals surface area contributed by atoms with Crippen LogP contribution in [0.3, 0.4) is 0 Å². The molecule has 0 heterocycles. The van der Waals surface area contributed by atoms with E-state index < -0.39 is 10.8 Å². The molecule has 0 fully saturated rings. The Kier molecular flexibility index (Phi) is 4.32. The Balaban J connectivity index is 2.66. The zero-order valence-corrected chi connectivity index (χ0v) is 10.2. The summed E-state index contributed by atoms with van der Waals surface area (Å²) in [7, 11) is -0.841. The van der Waals surface area contributed by atoms with E-state index in [-0.39, 0.29) is 5.25 Å². The lowest BCUT2D eigenvalue weighted by molar-refractivity contribution is 0.679. The third-order valence-corrected chi connectivity index (χ3v) is 3.63. The van der Waals surface area contributed by atoms with Crippen LogP contribution in [0.5, 0.6) is 0 Å². The third-order valence-electron chi connectivity index (χ3n) is 2.33. The first-order valence-electron chi connectivity index (χ1n) is 4.90. The highest BCUT2D eigenvalue weighted by Gasteiger charge is 2.06. The molecule has 0 saturated heterocycles. The average Bonchev–Trinajstić information content (AvgIpc) is 2.25. The van der Waals surface area contributed by atoms with Crippen LogP contribution in [0.15, 0.2) is 18.2 Å². The number of nitrogens with two attached hydrogens (primary N) is 1. The highest BCUT2D eigenvalue weighted by Crippen LogP contribution is 2.17.